The van der Waals surface area contributed by atoms with E-state index in [2.05, 4.69) is 9.97 Å². The molecule has 3 nitrogen and oxygen atoms in total. The van der Waals surface area contributed by atoms with Gasteiger partial charge in [-0.1, -0.05) is 0 Å². The lowest BCUT2D eigenvalue weighted by Gasteiger charge is -1.88. The molecule has 0 amide bonds. The number of fused-ring (bicyclic) bond motifs is 3. The van der Waals surface area contributed by atoms with Gasteiger partial charge >= 0.3 is 0 Å². The van der Waals surface area contributed by atoms with Crippen LogP contribution in [0, 0.1) is 0 Å². The molecule has 66 valence electrons. The van der Waals surface area contributed by atoms with Gasteiger partial charge in [-0.05, 0) is 18.2 Å². The summed E-state index contributed by atoms with van der Waals surface area (Å²) >= 11 is 0. The normalized spacial score (nSPS) is 10.5. The van der Waals surface area contributed by atoms with Gasteiger partial charge in [-0.25, -0.2) is 4.98 Å². The predicted octanol–water partition coefficient (Wildman–Crippen LogP) is 2.73. The summed E-state index contributed by atoms with van der Waals surface area (Å²) in [5.41, 5.74) is 2.85. The number of rotatable bonds is 0. The van der Waals surface area contributed by atoms with Gasteiger partial charge in [-0.2, -0.15) is 0 Å². The first-order chi connectivity index (χ1) is 5.95. The summed E-state index contributed by atoms with van der Waals surface area (Å²) in [6.45, 7) is 0. The van der Waals surface area contributed by atoms with E-state index in [9.17, 15) is 0 Å². The summed E-state index contributed by atoms with van der Waals surface area (Å²) in [5.74, 6) is 0. The van der Waals surface area contributed by atoms with E-state index in [0.717, 1.165) is 22.0 Å². The van der Waals surface area contributed by atoms with Gasteiger partial charge in [0.15, 0.2) is 12.0 Å². The third-order valence-corrected chi connectivity index (χ3v) is 2.03. The monoisotopic (exact) mass is 194 g/mol. The molecular formula is C9H7ClN2O. The van der Waals surface area contributed by atoms with Crippen LogP contribution in [0.3, 0.4) is 0 Å². The van der Waals surface area contributed by atoms with E-state index in [0.29, 0.717) is 0 Å². The van der Waals surface area contributed by atoms with Crippen molar-refractivity contribution >= 4 is 34.4 Å². The molecule has 0 atom stereocenters. The lowest BCUT2D eigenvalue weighted by Crippen LogP contribution is -1.69. The fourth-order valence-electron chi connectivity index (χ4n) is 1.46. The Morgan fingerprint density at radius 1 is 1.23 bits per heavy atom. The van der Waals surface area contributed by atoms with Crippen molar-refractivity contribution in [2.45, 2.75) is 0 Å². The van der Waals surface area contributed by atoms with Gasteiger partial charge in [0, 0.05) is 17.1 Å². The first kappa shape index (κ1) is 8.13. The summed E-state index contributed by atoms with van der Waals surface area (Å²) in [6, 6.07) is 5.91. The molecule has 0 saturated heterocycles. The van der Waals surface area contributed by atoms with Gasteiger partial charge in [0.25, 0.3) is 0 Å². The molecule has 3 aromatic rings. The van der Waals surface area contributed by atoms with Gasteiger partial charge < -0.3 is 9.40 Å². The number of nitrogens with one attached hydrogen (secondary N) is 1. The van der Waals surface area contributed by atoms with Crippen molar-refractivity contribution in [3.63, 3.8) is 0 Å². The van der Waals surface area contributed by atoms with Crippen LogP contribution in [-0.2, 0) is 0 Å². The molecule has 2 aromatic heterocycles. The fraction of sp³-hybridized carbons (Fsp3) is 0. The molecule has 4 heteroatoms. The highest BCUT2D eigenvalue weighted by Gasteiger charge is 2.03. The quantitative estimate of drug-likeness (QED) is 0.598. The minimum Gasteiger partial charge on any atom is -0.443 e. The van der Waals surface area contributed by atoms with E-state index in [-0.39, 0.29) is 12.4 Å². The van der Waals surface area contributed by atoms with Crippen molar-refractivity contribution in [3.05, 3.63) is 30.8 Å². The van der Waals surface area contributed by atoms with Gasteiger partial charge in [0.05, 0.1) is 0 Å². The molecule has 0 saturated carbocycles. The van der Waals surface area contributed by atoms with E-state index in [4.69, 9.17) is 4.42 Å². The van der Waals surface area contributed by atoms with Crippen LogP contribution in [0.2, 0.25) is 0 Å². The maximum atomic E-state index is 5.17. The zero-order valence-electron chi connectivity index (χ0n) is 6.65. The Bertz CT molecular complexity index is 491. The largest absolute Gasteiger partial charge is 0.443 e. The number of oxazole rings is 1. The van der Waals surface area contributed by atoms with Crippen molar-refractivity contribution in [2.24, 2.45) is 0 Å². The highest BCUT2D eigenvalue weighted by atomic mass is 35.5. The smallest absolute Gasteiger partial charge is 0.182 e. The van der Waals surface area contributed by atoms with Crippen LogP contribution in [0.4, 0.5) is 0 Å². The van der Waals surface area contributed by atoms with Crippen LogP contribution in [0.1, 0.15) is 0 Å². The molecule has 0 radical (unpaired) electrons. The van der Waals surface area contributed by atoms with Crippen molar-refractivity contribution in [1.82, 2.24) is 9.97 Å². The first-order valence-corrected chi connectivity index (χ1v) is 3.74. The first-order valence-electron chi connectivity index (χ1n) is 3.74. The lowest BCUT2D eigenvalue weighted by molar-refractivity contribution is 0.602. The summed E-state index contributed by atoms with van der Waals surface area (Å²) in [7, 11) is 0. The molecule has 0 spiro atoms. The van der Waals surface area contributed by atoms with Crippen LogP contribution in [0.15, 0.2) is 35.2 Å². The van der Waals surface area contributed by atoms with Crippen molar-refractivity contribution < 1.29 is 4.42 Å². The Balaban J connectivity index is 0.000000653. The number of H-pyrrole nitrogens is 1. The highest BCUT2D eigenvalue weighted by molar-refractivity contribution is 6.01. The Kier molecular flexibility index (Phi) is 1.74. The maximum Gasteiger partial charge on any atom is 0.182 e. The molecule has 1 N–H and O–H groups in total. The number of hydrogen-bond acceptors (Lipinski definition) is 2. The molecule has 0 bridgehead atoms. The zero-order valence-corrected chi connectivity index (χ0v) is 7.47. The van der Waals surface area contributed by atoms with Gasteiger partial charge in [-0.15, -0.1) is 12.4 Å². The van der Waals surface area contributed by atoms with Gasteiger partial charge in [0.1, 0.15) is 5.52 Å². The molecule has 0 aliphatic heterocycles. The van der Waals surface area contributed by atoms with E-state index < -0.39 is 0 Å². The second kappa shape index (κ2) is 2.78. The molecule has 0 fully saturated rings. The molecule has 0 unspecified atom stereocenters. The lowest BCUT2D eigenvalue weighted by atomic mass is 10.2. The minimum absolute atomic E-state index is 0. The number of aromatic nitrogens is 2. The molecule has 0 aliphatic carbocycles. The second-order valence-corrected chi connectivity index (χ2v) is 2.70. The molecule has 2 heterocycles. The Morgan fingerprint density at radius 3 is 3.08 bits per heavy atom. The average molecular weight is 195 g/mol. The topological polar surface area (TPSA) is 41.8 Å². The number of benzene rings is 1. The van der Waals surface area contributed by atoms with Crippen molar-refractivity contribution in [2.75, 3.05) is 0 Å². The molecule has 3 rings (SSSR count). The zero-order chi connectivity index (χ0) is 7.97. The van der Waals surface area contributed by atoms with E-state index >= 15 is 0 Å². The minimum atomic E-state index is 0. The molecule has 0 aliphatic rings. The Labute approximate surface area is 80.2 Å². The third kappa shape index (κ3) is 1.01. The van der Waals surface area contributed by atoms with Crippen LogP contribution >= 0.6 is 12.4 Å². The fourth-order valence-corrected chi connectivity index (χ4v) is 1.46. The van der Waals surface area contributed by atoms with E-state index in [1.54, 1.807) is 0 Å². The number of nitrogens with zero attached hydrogens (tertiary/aromatic N) is 1. The van der Waals surface area contributed by atoms with Crippen LogP contribution in [-0.4, -0.2) is 9.97 Å². The highest BCUT2D eigenvalue weighted by Crippen LogP contribution is 2.22. The van der Waals surface area contributed by atoms with Crippen LogP contribution in [0.5, 0.6) is 0 Å². The predicted molar refractivity (Wildman–Crippen MR) is 53.1 cm³/mol. The summed E-state index contributed by atoms with van der Waals surface area (Å²) < 4.78 is 5.17. The van der Waals surface area contributed by atoms with E-state index in [1.165, 1.54) is 6.39 Å². The summed E-state index contributed by atoms with van der Waals surface area (Å²) in [6.07, 6.45) is 3.37. The van der Waals surface area contributed by atoms with Crippen LogP contribution < -0.4 is 0 Å². The van der Waals surface area contributed by atoms with Crippen molar-refractivity contribution in [1.29, 1.82) is 0 Å². The molecular weight excluding hydrogens is 188 g/mol. The average Bonchev–Trinajstić information content (AvgIpc) is 2.71. The van der Waals surface area contributed by atoms with E-state index in [1.807, 2.05) is 24.4 Å². The molecule has 1 aromatic carbocycles. The summed E-state index contributed by atoms with van der Waals surface area (Å²) in [5, 5.41) is 1.11. The number of hydrogen-bond donors (Lipinski definition) is 1. The maximum absolute atomic E-state index is 5.17. The standard InChI is InChI=1S/C9H6N2O.ClH/c1-2-8-9(11-5-12-8)6-3-4-10-7(1)6;/h1-5,10H;1H. The third-order valence-electron chi connectivity index (χ3n) is 2.03. The van der Waals surface area contributed by atoms with Crippen LogP contribution in [0.25, 0.3) is 22.0 Å². The van der Waals surface area contributed by atoms with Gasteiger partial charge in [0.2, 0.25) is 0 Å². The number of aromatic amines is 1. The van der Waals surface area contributed by atoms with Crippen molar-refractivity contribution in [3.8, 4) is 0 Å². The SMILES string of the molecule is Cl.c1cc2c(ccc3ocnc32)[nH]1. The molecule has 13 heavy (non-hydrogen) atoms. The Hall–Kier alpha value is -1.48. The second-order valence-electron chi connectivity index (χ2n) is 2.70. The summed E-state index contributed by atoms with van der Waals surface area (Å²) in [4.78, 5) is 7.25. The van der Waals surface area contributed by atoms with Gasteiger partial charge in [-0.3, -0.25) is 0 Å². The number of halogens is 1. The Morgan fingerprint density at radius 2 is 2.15 bits per heavy atom.